The maximum atomic E-state index is 13.8. The lowest BCUT2D eigenvalue weighted by atomic mass is 9.60. The van der Waals surface area contributed by atoms with Crippen LogP contribution in [0.2, 0.25) is 0 Å². The second-order valence-electron chi connectivity index (χ2n) is 9.06. The number of alkyl carbamates (subject to hydrolysis) is 1. The zero-order chi connectivity index (χ0) is 24.8. The molecule has 0 radical (unpaired) electrons. The van der Waals surface area contributed by atoms with Crippen LogP contribution in [0.5, 0.6) is 0 Å². The largest absolute Gasteiger partial charge is 0.490 e. The van der Waals surface area contributed by atoms with E-state index >= 15 is 0 Å². The van der Waals surface area contributed by atoms with E-state index in [0.29, 0.717) is 24.6 Å². The van der Waals surface area contributed by atoms with Gasteiger partial charge in [0.1, 0.15) is 11.6 Å². The van der Waals surface area contributed by atoms with Crippen LogP contribution in [-0.2, 0) is 16.1 Å². The number of halogens is 5. The first-order valence-corrected chi connectivity index (χ1v) is 10.7. The number of piperidine rings is 1. The summed E-state index contributed by atoms with van der Waals surface area (Å²) < 4.78 is 64.0. The number of amides is 1. The Morgan fingerprint density at radius 2 is 1.79 bits per heavy atom. The van der Waals surface area contributed by atoms with Gasteiger partial charge < -0.3 is 15.2 Å². The number of hydrogen-bond donors (Lipinski definition) is 2. The van der Waals surface area contributed by atoms with Crippen LogP contribution in [0.1, 0.15) is 45.1 Å². The van der Waals surface area contributed by atoms with Crippen molar-refractivity contribution in [2.75, 3.05) is 19.7 Å². The molecule has 0 unspecified atom stereocenters. The predicted molar refractivity (Wildman–Crippen MR) is 109 cm³/mol. The first-order chi connectivity index (χ1) is 15.3. The summed E-state index contributed by atoms with van der Waals surface area (Å²) >= 11 is 0. The molecule has 2 aliphatic rings. The zero-order valence-corrected chi connectivity index (χ0v) is 18.6. The lowest BCUT2D eigenvalue weighted by molar-refractivity contribution is -0.192. The summed E-state index contributed by atoms with van der Waals surface area (Å²) in [4.78, 5) is 22.8. The van der Waals surface area contributed by atoms with E-state index in [2.05, 4.69) is 10.2 Å². The molecule has 1 aliphatic heterocycles. The van der Waals surface area contributed by atoms with Crippen molar-refractivity contribution in [3.63, 3.8) is 0 Å². The Labute approximate surface area is 189 Å². The normalized spacial score (nSPS) is 18.3. The van der Waals surface area contributed by atoms with Crippen LogP contribution in [0.3, 0.4) is 0 Å². The fourth-order valence-electron chi connectivity index (χ4n) is 4.04. The van der Waals surface area contributed by atoms with Gasteiger partial charge in [0.2, 0.25) is 0 Å². The molecule has 1 saturated heterocycles. The van der Waals surface area contributed by atoms with E-state index in [1.54, 1.807) is 0 Å². The monoisotopic (exact) mass is 480 g/mol. The average Bonchev–Trinajstić information content (AvgIpc) is 2.69. The Balaban J connectivity index is 0.000000479. The van der Waals surface area contributed by atoms with Gasteiger partial charge >= 0.3 is 18.2 Å². The Morgan fingerprint density at radius 1 is 1.21 bits per heavy atom. The number of aliphatic carboxylic acids is 1. The molecule has 2 N–H and O–H groups in total. The fourth-order valence-corrected chi connectivity index (χ4v) is 4.04. The number of rotatable bonds is 5. The van der Waals surface area contributed by atoms with Gasteiger partial charge in [-0.3, -0.25) is 4.90 Å². The summed E-state index contributed by atoms with van der Waals surface area (Å²) in [6.45, 7) is 6.66. The second-order valence-corrected chi connectivity index (χ2v) is 9.06. The summed E-state index contributed by atoms with van der Waals surface area (Å²) in [6.07, 6.45) is -1.39. The van der Waals surface area contributed by atoms with Crippen molar-refractivity contribution in [1.82, 2.24) is 10.2 Å². The van der Waals surface area contributed by atoms with E-state index in [0.717, 1.165) is 44.8 Å². The first-order valence-electron chi connectivity index (χ1n) is 10.7. The van der Waals surface area contributed by atoms with Crippen LogP contribution in [0.4, 0.5) is 26.7 Å². The molecule has 0 atom stereocenters. The van der Waals surface area contributed by atoms with Gasteiger partial charge in [-0.05, 0) is 68.3 Å². The highest BCUT2D eigenvalue weighted by Gasteiger charge is 2.46. The molecule has 1 aliphatic carbocycles. The quantitative estimate of drug-likeness (QED) is 0.596. The van der Waals surface area contributed by atoms with E-state index < -0.39 is 18.0 Å². The van der Waals surface area contributed by atoms with Crippen LogP contribution < -0.4 is 5.32 Å². The van der Waals surface area contributed by atoms with E-state index in [4.69, 9.17) is 14.6 Å². The highest BCUT2D eigenvalue weighted by atomic mass is 19.4. The minimum Gasteiger partial charge on any atom is -0.475 e. The van der Waals surface area contributed by atoms with Crippen molar-refractivity contribution >= 4 is 12.1 Å². The van der Waals surface area contributed by atoms with Crippen LogP contribution >= 0.6 is 0 Å². The van der Waals surface area contributed by atoms with Gasteiger partial charge in [0.25, 0.3) is 0 Å². The summed E-state index contributed by atoms with van der Waals surface area (Å²) in [5.41, 5.74) is 0.703. The minimum atomic E-state index is -5.08. The molecule has 1 heterocycles. The number of carboxylic acids is 1. The Kier molecular flexibility index (Phi) is 9.04. The molecule has 2 fully saturated rings. The maximum Gasteiger partial charge on any atom is 0.490 e. The molecule has 0 bridgehead atoms. The van der Waals surface area contributed by atoms with Gasteiger partial charge in [-0.2, -0.15) is 13.2 Å². The number of likely N-dealkylation sites (tertiary alicyclic amines) is 1. The number of carboxylic acid groups (broad SMARTS) is 1. The third-order valence-electron chi connectivity index (χ3n) is 5.79. The molecular weight excluding hydrogens is 451 g/mol. The highest BCUT2D eigenvalue weighted by Crippen LogP contribution is 2.49. The van der Waals surface area contributed by atoms with Crippen LogP contribution in [-0.4, -0.2) is 54.0 Å². The SMILES string of the molecule is CC(C)COC(=O)NC1CC2(CCN(Cc3cc(F)ccc3F)CC2)C1.O=C(O)C(F)(F)F. The molecule has 1 saturated carbocycles. The van der Waals surface area contributed by atoms with Crippen molar-refractivity contribution in [3.05, 3.63) is 35.4 Å². The molecule has 1 aromatic carbocycles. The predicted octanol–water partition coefficient (Wildman–Crippen LogP) is 4.72. The van der Waals surface area contributed by atoms with Crippen molar-refractivity contribution in [3.8, 4) is 0 Å². The van der Waals surface area contributed by atoms with Gasteiger partial charge in [-0.25, -0.2) is 18.4 Å². The lowest BCUT2D eigenvalue weighted by Crippen LogP contribution is -2.54. The number of nitrogens with zero attached hydrogens (tertiary/aromatic N) is 1. The van der Waals surface area contributed by atoms with Gasteiger partial charge in [0, 0.05) is 18.2 Å². The van der Waals surface area contributed by atoms with Gasteiger partial charge in [0.05, 0.1) is 6.61 Å². The Hall–Kier alpha value is -2.43. The number of benzene rings is 1. The van der Waals surface area contributed by atoms with Crippen LogP contribution in [0.25, 0.3) is 0 Å². The third-order valence-corrected chi connectivity index (χ3v) is 5.79. The molecular formula is C22H29F5N2O4. The highest BCUT2D eigenvalue weighted by molar-refractivity contribution is 5.73. The fraction of sp³-hybridized carbons (Fsp3) is 0.636. The maximum absolute atomic E-state index is 13.8. The van der Waals surface area contributed by atoms with E-state index in [1.807, 2.05) is 13.8 Å². The van der Waals surface area contributed by atoms with E-state index in [9.17, 15) is 26.7 Å². The average molecular weight is 480 g/mol. The second kappa shape index (κ2) is 11.1. The number of ether oxygens (including phenoxy) is 1. The van der Waals surface area contributed by atoms with Crippen LogP contribution in [0, 0.1) is 23.0 Å². The molecule has 6 nitrogen and oxygen atoms in total. The summed E-state index contributed by atoms with van der Waals surface area (Å²) in [5.74, 6) is -3.17. The standard InChI is InChI=1S/C20H28F2N2O2.C2HF3O2/c1-14(2)13-26-19(25)23-17-10-20(11-17)5-7-24(8-6-20)12-15-9-16(21)3-4-18(15)22;3-2(4,5)1(6)7/h3-4,9,14,17H,5-8,10-13H2,1-2H3,(H,23,25);(H,6,7). The van der Waals surface area contributed by atoms with Gasteiger partial charge in [0.15, 0.2) is 0 Å². The molecule has 186 valence electrons. The molecule has 11 heteroatoms. The minimum absolute atomic E-state index is 0.196. The summed E-state index contributed by atoms with van der Waals surface area (Å²) in [6, 6.07) is 3.82. The molecule has 0 aromatic heterocycles. The van der Waals surface area contributed by atoms with Gasteiger partial charge in [-0.15, -0.1) is 0 Å². The van der Waals surface area contributed by atoms with E-state index in [1.165, 1.54) is 12.1 Å². The van der Waals surface area contributed by atoms with Crippen LogP contribution in [0.15, 0.2) is 18.2 Å². The number of hydrogen-bond acceptors (Lipinski definition) is 4. The number of carbonyl (C=O) groups excluding carboxylic acids is 1. The number of carbonyl (C=O) groups is 2. The topological polar surface area (TPSA) is 78.9 Å². The lowest BCUT2D eigenvalue weighted by Gasteiger charge is -2.52. The Bertz CT molecular complexity index is 815. The van der Waals surface area contributed by atoms with Crippen molar-refractivity contribution in [2.45, 2.75) is 58.3 Å². The smallest absolute Gasteiger partial charge is 0.475 e. The molecule has 1 aromatic rings. The molecule has 1 spiro atoms. The summed E-state index contributed by atoms with van der Waals surface area (Å²) in [5, 5.41) is 10.1. The van der Waals surface area contributed by atoms with Crippen molar-refractivity contribution < 1.29 is 41.4 Å². The molecule has 3 rings (SSSR count). The van der Waals surface area contributed by atoms with Gasteiger partial charge in [-0.1, -0.05) is 13.8 Å². The summed E-state index contributed by atoms with van der Waals surface area (Å²) in [7, 11) is 0. The number of nitrogens with one attached hydrogen (secondary N) is 1. The number of alkyl halides is 3. The van der Waals surface area contributed by atoms with Crippen molar-refractivity contribution in [1.29, 1.82) is 0 Å². The first kappa shape index (κ1) is 26.8. The molecule has 33 heavy (non-hydrogen) atoms. The third kappa shape index (κ3) is 8.45. The zero-order valence-electron chi connectivity index (χ0n) is 18.6. The van der Waals surface area contributed by atoms with E-state index in [-0.39, 0.29) is 23.4 Å². The molecule has 1 amide bonds. The Morgan fingerprint density at radius 3 is 2.30 bits per heavy atom. The van der Waals surface area contributed by atoms with Crippen molar-refractivity contribution in [2.24, 2.45) is 11.3 Å².